The molecular formula is C34H40N4O2. The predicted octanol–water partition coefficient (Wildman–Crippen LogP) is 6.43. The lowest BCUT2D eigenvalue weighted by molar-refractivity contribution is -0.130. The third-order valence-electron chi connectivity index (χ3n) is 8.25. The topological polar surface area (TPSA) is 77.2 Å². The van der Waals surface area contributed by atoms with Gasteiger partial charge in [0.15, 0.2) is 0 Å². The van der Waals surface area contributed by atoms with E-state index in [1.165, 1.54) is 5.56 Å². The molecule has 208 valence electrons. The Morgan fingerprint density at radius 3 is 2.40 bits per heavy atom. The Hall–Kier alpha value is -3.90. The van der Waals surface area contributed by atoms with Gasteiger partial charge in [0, 0.05) is 41.2 Å². The largest absolute Gasteiger partial charge is 0.361 e. The molecular weight excluding hydrogens is 496 g/mol. The molecule has 0 aliphatic heterocycles. The monoisotopic (exact) mass is 536 g/mol. The zero-order chi connectivity index (χ0) is 28.1. The number of para-hydroxylation sites is 1. The lowest BCUT2D eigenvalue weighted by Gasteiger charge is -2.31. The summed E-state index contributed by atoms with van der Waals surface area (Å²) in [7, 11) is 4.04. The maximum Gasteiger partial charge on any atom is 0.247 e. The molecule has 5 rings (SSSR count). The number of H-pyrrole nitrogens is 1. The molecule has 6 heteroatoms. The Bertz CT molecular complexity index is 1440. The number of carbonyl (C=O) groups is 2. The first-order chi connectivity index (χ1) is 19.4. The molecule has 1 fully saturated rings. The van der Waals surface area contributed by atoms with Crippen molar-refractivity contribution >= 4 is 28.4 Å². The highest BCUT2D eigenvalue weighted by Crippen LogP contribution is 2.36. The third kappa shape index (κ3) is 6.45. The molecule has 40 heavy (non-hydrogen) atoms. The molecule has 1 aliphatic rings. The Morgan fingerprint density at radius 1 is 0.925 bits per heavy atom. The van der Waals surface area contributed by atoms with E-state index < -0.39 is 6.04 Å². The molecule has 1 saturated carbocycles. The van der Waals surface area contributed by atoms with Gasteiger partial charge in [0.1, 0.15) is 6.04 Å². The normalized spacial score (nSPS) is 18.8. The number of hydrogen-bond donors (Lipinski definition) is 3. The summed E-state index contributed by atoms with van der Waals surface area (Å²) < 4.78 is 0. The van der Waals surface area contributed by atoms with Crippen molar-refractivity contribution in [3.63, 3.8) is 0 Å². The van der Waals surface area contributed by atoms with Crippen LogP contribution >= 0.6 is 0 Å². The van der Waals surface area contributed by atoms with E-state index >= 15 is 0 Å². The average molecular weight is 537 g/mol. The fraction of sp³-hybridized carbons (Fsp3) is 0.353. The van der Waals surface area contributed by atoms with Gasteiger partial charge in [0.05, 0.1) is 0 Å². The number of amides is 2. The summed E-state index contributed by atoms with van der Waals surface area (Å²) in [5.41, 5.74) is 5.24. The van der Waals surface area contributed by atoms with Crippen molar-refractivity contribution in [3.8, 4) is 0 Å². The SMILES string of the molecule is CC(c1c[nH]c2ccccc12)C(NC(=O)C1CCC(c2ccccc2)CC1)C(=O)Nc1cccc(CN(C)C)c1. The summed E-state index contributed by atoms with van der Waals surface area (Å²) in [6.45, 7) is 2.80. The molecule has 6 nitrogen and oxygen atoms in total. The van der Waals surface area contributed by atoms with Gasteiger partial charge in [-0.25, -0.2) is 0 Å². The second-order valence-corrected chi connectivity index (χ2v) is 11.5. The molecule has 2 unspecified atom stereocenters. The maximum atomic E-state index is 13.8. The van der Waals surface area contributed by atoms with Crippen molar-refractivity contribution in [2.45, 2.75) is 57.0 Å². The van der Waals surface area contributed by atoms with E-state index in [1.54, 1.807) is 0 Å². The minimum Gasteiger partial charge on any atom is -0.361 e. The number of nitrogens with one attached hydrogen (secondary N) is 3. The highest BCUT2D eigenvalue weighted by molar-refractivity contribution is 5.99. The van der Waals surface area contributed by atoms with Gasteiger partial charge in [-0.3, -0.25) is 9.59 Å². The number of carbonyl (C=O) groups excluding carboxylic acids is 2. The number of anilines is 1. The van der Waals surface area contributed by atoms with Gasteiger partial charge in [-0.2, -0.15) is 0 Å². The van der Waals surface area contributed by atoms with E-state index in [0.717, 1.165) is 59.9 Å². The minimum atomic E-state index is -0.712. The maximum absolute atomic E-state index is 13.8. The molecule has 0 saturated heterocycles. The molecule has 2 amide bonds. The highest BCUT2D eigenvalue weighted by Gasteiger charge is 2.33. The molecule has 4 aromatic rings. The average Bonchev–Trinajstić information content (AvgIpc) is 3.40. The third-order valence-corrected chi connectivity index (χ3v) is 8.25. The zero-order valence-corrected chi connectivity index (χ0v) is 23.7. The van der Waals surface area contributed by atoms with Crippen LogP contribution in [0.5, 0.6) is 0 Å². The summed E-state index contributed by atoms with van der Waals surface area (Å²) in [5, 5.41) is 7.36. The van der Waals surface area contributed by atoms with Crippen LogP contribution in [-0.2, 0) is 16.1 Å². The molecule has 1 aliphatic carbocycles. The Kier molecular flexibility index (Phi) is 8.66. The van der Waals surface area contributed by atoms with Crippen molar-refractivity contribution in [3.05, 3.63) is 102 Å². The van der Waals surface area contributed by atoms with E-state index in [1.807, 2.05) is 69.7 Å². The molecule has 0 bridgehead atoms. The van der Waals surface area contributed by atoms with Crippen molar-refractivity contribution in [2.24, 2.45) is 5.92 Å². The number of benzene rings is 3. The number of aromatic nitrogens is 1. The summed E-state index contributed by atoms with van der Waals surface area (Å²) >= 11 is 0. The Labute approximate surface area is 237 Å². The van der Waals surface area contributed by atoms with Crippen LogP contribution < -0.4 is 10.6 Å². The number of aromatic amines is 1. The first-order valence-electron chi connectivity index (χ1n) is 14.3. The minimum absolute atomic E-state index is 0.0280. The summed E-state index contributed by atoms with van der Waals surface area (Å²) in [6, 6.07) is 25.8. The van der Waals surface area contributed by atoms with E-state index in [2.05, 4.69) is 56.9 Å². The summed E-state index contributed by atoms with van der Waals surface area (Å²) in [5.74, 6) is -0.0608. The smallest absolute Gasteiger partial charge is 0.247 e. The van der Waals surface area contributed by atoms with Crippen molar-refractivity contribution in [2.75, 3.05) is 19.4 Å². The molecule has 0 spiro atoms. The number of fused-ring (bicyclic) bond motifs is 1. The molecule has 3 N–H and O–H groups in total. The van der Waals surface area contributed by atoms with Gasteiger partial charge >= 0.3 is 0 Å². The molecule has 1 aromatic heterocycles. The summed E-state index contributed by atoms with van der Waals surface area (Å²) in [6.07, 6.45) is 5.58. The number of hydrogen-bond acceptors (Lipinski definition) is 3. The fourth-order valence-corrected chi connectivity index (χ4v) is 6.09. The second kappa shape index (κ2) is 12.5. The molecule has 3 aromatic carbocycles. The van der Waals surface area contributed by atoms with Crippen molar-refractivity contribution < 1.29 is 9.59 Å². The number of rotatable bonds is 9. The molecule has 0 radical (unpaired) electrons. The van der Waals surface area contributed by atoms with Crippen LogP contribution in [0.4, 0.5) is 5.69 Å². The van der Waals surface area contributed by atoms with Gasteiger partial charge < -0.3 is 20.5 Å². The van der Waals surface area contributed by atoms with Crippen LogP contribution in [-0.4, -0.2) is 41.8 Å². The van der Waals surface area contributed by atoms with Crippen molar-refractivity contribution in [1.29, 1.82) is 0 Å². The van der Waals surface area contributed by atoms with E-state index in [9.17, 15) is 9.59 Å². The first-order valence-corrected chi connectivity index (χ1v) is 14.3. The Morgan fingerprint density at radius 2 is 1.65 bits per heavy atom. The zero-order valence-electron chi connectivity index (χ0n) is 23.7. The van der Waals surface area contributed by atoms with Crippen LogP contribution in [0.1, 0.15) is 61.1 Å². The molecule has 2 atom stereocenters. The summed E-state index contributed by atoms with van der Waals surface area (Å²) in [4.78, 5) is 32.9. The van der Waals surface area contributed by atoms with Crippen LogP contribution in [0.15, 0.2) is 85.1 Å². The van der Waals surface area contributed by atoms with E-state index in [-0.39, 0.29) is 23.7 Å². The Balaban J connectivity index is 1.34. The van der Waals surface area contributed by atoms with Crippen LogP contribution in [0, 0.1) is 5.92 Å². The predicted molar refractivity (Wildman–Crippen MR) is 162 cm³/mol. The second-order valence-electron chi connectivity index (χ2n) is 11.5. The van der Waals surface area contributed by atoms with Crippen molar-refractivity contribution in [1.82, 2.24) is 15.2 Å². The van der Waals surface area contributed by atoms with Crippen LogP contribution in [0.25, 0.3) is 10.9 Å². The van der Waals surface area contributed by atoms with Gasteiger partial charge in [-0.05, 0) is 80.6 Å². The van der Waals surface area contributed by atoms with E-state index in [4.69, 9.17) is 0 Å². The van der Waals surface area contributed by atoms with Crippen LogP contribution in [0.3, 0.4) is 0 Å². The lowest BCUT2D eigenvalue weighted by Crippen LogP contribution is -2.49. The highest BCUT2D eigenvalue weighted by atomic mass is 16.2. The fourth-order valence-electron chi connectivity index (χ4n) is 6.09. The van der Waals surface area contributed by atoms with E-state index in [0.29, 0.717) is 5.92 Å². The first kappa shape index (κ1) is 27.7. The molecule has 1 heterocycles. The quantitative estimate of drug-likeness (QED) is 0.231. The van der Waals surface area contributed by atoms with Gasteiger partial charge in [0.25, 0.3) is 0 Å². The van der Waals surface area contributed by atoms with Gasteiger partial charge in [0.2, 0.25) is 11.8 Å². The van der Waals surface area contributed by atoms with Gasteiger partial charge in [-0.1, -0.05) is 67.6 Å². The standard InChI is InChI=1S/C34H40N4O2/c1-23(30-21-35-31-15-8-7-14-29(30)31)32(34(40)36-28-13-9-10-24(20-28)22-38(2)3)37-33(39)27-18-16-26(17-19-27)25-11-5-4-6-12-25/h4-15,20-21,23,26-27,32,35H,16-19,22H2,1-3H3,(H,36,40)(H,37,39). The number of nitrogens with zero attached hydrogens (tertiary/aromatic N) is 1. The lowest BCUT2D eigenvalue weighted by atomic mass is 9.78. The van der Waals surface area contributed by atoms with Crippen LogP contribution in [0.2, 0.25) is 0 Å². The van der Waals surface area contributed by atoms with Gasteiger partial charge in [-0.15, -0.1) is 0 Å².